The first-order valence-corrected chi connectivity index (χ1v) is 6.34. The van der Waals surface area contributed by atoms with E-state index in [9.17, 15) is 18.8 Å². The van der Waals surface area contributed by atoms with Crippen molar-refractivity contribution >= 4 is 17.7 Å². The van der Waals surface area contributed by atoms with Crippen LogP contribution in [0.15, 0.2) is 29.1 Å². The van der Waals surface area contributed by atoms with Gasteiger partial charge in [-0.25, -0.2) is 18.7 Å². The minimum absolute atomic E-state index is 0.0634. The van der Waals surface area contributed by atoms with Gasteiger partial charge in [0.1, 0.15) is 12.4 Å². The Labute approximate surface area is 123 Å². The van der Waals surface area contributed by atoms with Crippen LogP contribution in [0, 0.1) is 5.82 Å². The Balaban J connectivity index is 1.91. The van der Waals surface area contributed by atoms with Gasteiger partial charge in [0.25, 0.3) is 0 Å². The van der Waals surface area contributed by atoms with Crippen LogP contribution in [0.3, 0.4) is 0 Å². The fourth-order valence-electron chi connectivity index (χ4n) is 2.19. The summed E-state index contributed by atoms with van der Waals surface area (Å²) >= 11 is 0. The van der Waals surface area contributed by atoms with Gasteiger partial charge < -0.3 is 4.74 Å². The number of esters is 1. The molecule has 2 heterocycles. The van der Waals surface area contributed by atoms with E-state index in [1.54, 1.807) is 0 Å². The normalized spacial score (nSPS) is 13.4. The van der Waals surface area contributed by atoms with Crippen LogP contribution in [0.1, 0.15) is 5.82 Å². The molecule has 1 aliphatic rings. The van der Waals surface area contributed by atoms with Crippen LogP contribution < -0.4 is 10.6 Å². The molecule has 2 aromatic rings. The molecule has 0 unspecified atom stereocenters. The van der Waals surface area contributed by atoms with Gasteiger partial charge in [-0.05, 0) is 24.3 Å². The van der Waals surface area contributed by atoms with Crippen LogP contribution in [0.5, 0.6) is 0 Å². The number of fused-ring (bicyclic) bond motifs is 1. The number of methoxy groups -OCH3 is 1. The number of hydrogen-bond donors (Lipinski definition) is 0. The summed E-state index contributed by atoms with van der Waals surface area (Å²) in [6.45, 7) is -0.299. The molecular formula is C13H11FN4O4. The van der Waals surface area contributed by atoms with E-state index in [0.29, 0.717) is 5.69 Å². The molecule has 0 atom stereocenters. The first kappa shape index (κ1) is 14.0. The Morgan fingerprint density at radius 1 is 1.32 bits per heavy atom. The molecule has 0 radical (unpaired) electrons. The Bertz CT molecular complexity index is 808. The van der Waals surface area contributed by atoms with Gasteiger partial charge in [0, 0.05) is 5.69 Å². The van der Waals surface area contributed by atoms with E-state index in [1.807, 2.05) is 0 Å². The summed E-state index contributed by atoms with van der Waals surface area (Å²) in [7, 11) is 1.19. The van der Waals surface area contributed by atoms with Crippen molar-refractivity contribution in [1.82, 2.24) is 14.3 Å². The van der Waals surface area contributed by atoms with Crippen molar-refractivity contribution in [1.29, 1.82) is 0 Å². The largest absolute Gasteiger partial charge is 0.468 e. The predicted molar refractivity (Wildman–Crippen MR) is 71.9 cm³/mol. The van der Waals surface area contributed by atoms with Gasteiger partial charge in [-0.3, -0.25) is 9.69 Å². The second kappa shape index (κ2) is 5.10. The van der Waals surface area contributed by atoms with Gasteiger partial charge in [0.05, 0.1) is 13.7 Å². The molecule has 8 nitrogen and oxygen atoms in total. The topological polar surface area (TPSA) is 86.4 Å². The molecule has 0 aliphatic carbocycles. The molecule has 9 heteroatoms. The Morgan fingerprint density at radius 2 is 2.00 bits per heavy atom. The molecule has 0 fully saturated rings. The first-order chi connectivity index (χ1) is 10.5. The number of hydrogen-bond acceptors (Lipinski definition) is 5. The molecule has 114 valence electrons. The molecule has 0 saturated heterocycles. The average molecular weight is 306 g/mol. The number of halogens is 1. The number of carbonyl (C=O) groups is 2. The van der Waals surface area contributed by atoms with E-state index < -0.39 is 23.5 Å². The van der Waals surface area contributed by atoms with Crippen LogP contribution in [-0.4, -0.2) is 33.5 Å². The SMILES string of the molecule is COC(=O)Cn1nc2n(c1=O)C(=O)N(c1ccc(F)cc1)C2. The molecule has 0 bridgehead atoms. The molecule has 3 rings (SSSR count). The van der Waals surface area contributed by atoms with Crippen LogP contribution in [-0.2, 0) is 22.6 Å². The van der Waals surface area contributed by atoms with Gasteiger partial charge in [-0.2, -0.15) is 9.67 Å². The summed E-state index contributed by atoms with van der Waals surface area (Å²) in [6.07, 6.45) is 0. The fraction of sp³-hybridized carbons (Fsp3) is 0.231. The van der Waals surface area contributed by atoms with Crippen molar-refractivity contribution in [3.8, 4) is 0 Å². The third kappa shape index (κ3) is 2.16. The quantitative estimate of drug-likeness (QED) is 0.764. The Morgan fingerprint density at radius 3 is 2.59 bits per heavy atom. The standard InChI is InChI=1S/C13H11FN4O4/c1-22-11(19)7-17-13(21)18-10(15-17)6-16(12(18)20)9-4-2-8(14)3-5-9/h2-5H,6-7H2,1H3. The highest BCUT2D eigenvalue weighted by atomic mass is 19.1. The third-order valence-electron chi connectivity index (χ3n) is 3.27. The number of aromatic nitrogens is 3. The second-order valence-corrected chi connectivity index (χ2v) is 4.61. The predicted octanol–water partition coefficient (Wildman–Crippen LogP) is 0.345. The van der Waals surface area contributed by atoms with E-state index in [0.717, 1.165) is 9.25 Å². The van der Waals surface area contributed by atoms with Crippen LogP contribution in [0.2, 0.25) is 0 Å². The minimum atomic E-state index is -0.713. The number of rotatable bonds is 3. The van der Waals surface area contributed by atoms with Gasteiger partial charge >= 0.3 is 17.7 Å². The molecule has 1 aliphatic heterocycles. The summed E-state index contributed by atoms with van der Waals surface area (Å²) in [5.41, 5.74) is -0.258. The van der Waals surface area contributed by atoms with E-state index in [1.165, 1.54) is 36.3 Å². The average Bonchev–Trinajstić information content (AvgIpc) is 2.98. The monoisotopic (exact) mass is 306 g/mol. The van der Waals surface area contributed by atoms with E-state index in [4.69, 9.17) is 0 Å². The smallest absolute Gasteiger partial charge is 0.354 e. The third-order valence-corrected chi connectivity index (χ3v) is 3.27. The summed E-state index contributed by atoms with van der Waals surface area (Å²) in [5.74, 6) is -0.849. The van der Waals surface area contributed by atoms with Crippen LogP contribution >= 0.6 is 0 Å². The molecule has 1 aromatic carbocycles. The Kier molecular flexibility index (Phi) is 3.24. The zero-order chi connectivity index (χ0) is 15.9. The van der Waals surface area contributed by atoms with Crippen molar-refractivity contribution in [2.45, 2.75) is 13.1 Å². The van der Waals surface area contributed by atoms with E-state index >= 15 is 0 Å². The number of anilines is 1. The van der Waals surface area contributed by atoms with Gasteiger partial charge in [0.15, 0.2) is 5.82 Å². The first-order valence-electron chi connectivity index (χ1n) is 6.34. The molecule has 0 N–H and O–H groups in total. The molecule has 1 amide bonds. The molecule has 22 heavy (non-hydrogen) atoms. The Hall–Kier alpha value is -2.97. The van der Waals surface area contributed by atoms with Crippen molar-refractivity contribution in [2.75, 3.05) is 12.0 Å². The van der Waals surface area contributed by atoms with E-state index in [-0.39, 0.29) is 18.9 Å². The number of nitrogens with zero attached hydrogens (tertiary/aromatic N) is 4. The summed E-state index contributed by atoms with van der Waals surface area (Å²) in [5, 5.41) is 3.95. The summed E-state index contributed by atoms with van der Waals surface area (Å²) in [4.78, 5) is 36.9. The van der Waals surface area contributed by atoms with E-state index in [2.05, 4.69) is 9.84 Å². The minimum Gasteiger partial charge on any atom is -0.468 e. The lowest BCUT2D eigenvalue weighted by atomic mass is 10.3. The van der Waals surface area contributed by atoms with Crippen molar-refractivity contribution in [3.05, 3.63) is 46.4 Å². The van der Waals surface area contributed by atoms with Crippen LogP contribution in [0.25, 0.3) is 0 Å². The van der Waals surface area contributed by atoms with Crippen molar-refractivity contribution in [3.63, 3.8) is 0 Å². The number of benzene rings is 1. The number of ether oxygens (including phenoxy) is 1. The zero-order valence-corrected chi connectivity index (χ0v) is 11.5. The fourth-order valence-corrected chi connectivity index (χ4v) is 2.19. The maximum absolute atomic E-state index is 12.9. The van der Waals surface area contributed by atoms with Crippen molar-refractivity contribution in [2.24, 2.45) is 0 Å². The maximum atomic E-state index is 12.9. The molecule has 0 spiro atoms. The molecule has 0 saturated carbocycles. The lowest BCUT2D eigenvalue weighted by Gasteiger charge is -2.14. The summed E-state index contributed by atoms with van der Waals surface area (Å²) < 4.78 is 19.1. The van der Waals surface area contributed by atoms with Gasteiger partial charge in [-0.15, -0.1) is 0 Å². The highest BCUT2D eigenvalue weighted by Crippen LogP contribution is 2.22. The molecular weight excluding hydrogens is 295 g/mol. The highest BCUT2D eigenvalue weighted by molar-refractivity contribution is 5.96. The highest BCUT2D eigenvalue weighted by Gasteiger charge is 2.33. The second-order valence-electron chi connectivity index (χ2n) is 4.61. The maximum Gasteiger partial charge on any atom is 0.354 e. The zero-order valence-electron chi connectivity index (χ0n) is 11.5. The number of carbonyl (C=O) groups excluding carboxylic acids is 2. The lowest BCUT2D eigenvalue weighted by Crippen LogP contribution is -2.35. The van der Waals surface area contributed by atoms with Gasteiger partial charge in [-0.1, -0.05) is 0 Å². The van der Waals surface area contributed by atoms with Crippen molar-refractivity contribution < 1.29 is 18.7 Å². The number of amides is 1. The van der Waals surface area contributed by atoms with Crippen LogP contribution in [0.4, 0.5) is 14.9 Å². The van der Waals surface area contributed by atoms with Gasteiger partial charge in [0.2, 0.25) is 0 Å². The summed E-state index contributed by atoms with van der Waals surface area (Å²) in [6, 6.07) is 4.72. The lowest BCUT2D eigenvalue weighted by molar-refractivity contribution is -0.141. The molecule has 1 aromatic heterocycles.